The maximum atomic E-state index is 12.9. The summed E-state index contributed by atoms with van der Waals surface area (Å²) in [5, 5.41) is 3.22. The molecule has 2 aromatic carbocycles. The predicted molar refractivity (Wildman–Crippen MR) is 139 cm³/mol. The van der Waals surface area contributed by atoms with Crippen molar-refractivity contribution in [3.05, 3.63) is 65.2 Å². The van der Waals surface area contributed by atoms with Crippen LogP contribution in [0.4, 0.5) is 4.79 Å². The summed E-state index contributed by atoms with van der Waals surface area (Å²) in [6.07, 6.45) is 5.73. The van der Waals surface area contributed by atoms with Crippen LogP contribution < -0.4 is 10.1 Å². The topological polar surface area (TPSA) is 90.9 Å². The van der Waals surface area contributed by atoms with Crippen molar-refractivity contribution in [1.82, 2.24) is 5.32 Å². The molecule has 1 saturated carbocycles. The normalized spacial score (nSPS) is 22.5. The quantitative estimate of drug-likeness (QED) is 0.368. The van der Waals surface area contributed by atoms with Crippen LogP contribution in [0, 0.1) is 5.92 Å². The van der Waals surface area contributed by atoms with Gasteiger partial charge in [0.05, 0.1) is 19.4 Å². The van der Waals surface area contributed by atoms with Gasteiger partial charge in [-0.1, -0.05) is 62.6 Å². The second kappa shape index (κ2) is 12.3. The molecule has 1 fully saturated rings. The summed E-state index contributed by atoms with van der Waals surface area (Å²) in [6.45, 7) is 4.45. The van der Waals surface area contributed by atoms with E-state index in [0.717, 1.165) is 49.7 Å². The number of rotatable bonds is 8. The molecule has 37 heavy (non-hydrogen) atoms. The molecule has 3 atom stereocenters. The number of fused-ring (bicyclic) bond motifs is 4. The van der Waals surface area contributed by atoms with Crippen LogP contribution in [0.2, 0.25) is 0 Å². The fraction of sp³-hybridized carbons (Fsp3) is 0.500. The molecule has 1 N–H and O–H groups in total. The first-order valence-corrected chi connectivity index (χ1v) is 13.4. The molecular weight excluding hydrogens is 470 g/mol. The molecule has 7 nitrogen and oxygen atoms in total. The minimum atomic E-state index is -0.469. The third kappa shape index (κ3) is 6.70. The smallest absolute Gasteiger partial charge is 0.407 e. The highest BCUT2D eigenvalue weighted by atomic mass is 16.6. The number of hydrogen-bond donors (Lipinski definition) is 1. The van der Waals surface area contributed by atoms with Crippen molar-refractivity contribution in [3.8, 4) is 5.75 Å². The van der Waals surface area contributed by atoms with E-state index in [2.05, 4.69) is 12.2 Å². The van der Waals surface area contributed by atoms with E-state index >= 15 is 0 Å². The molecule has 2 bridgehead atoms. The van der Waals surface area contributed by atoms with Crippen molar-refractivity contribution in [3.63, 3.8) is 0 Å². The molecule has 0 aromatic heterocycles. The van der Waals surface area contributed by atoms with Crippen LogP contribution in [0.5, 0.6) is 5.75 Å². The van der Waals surface area contributed by atoms with Crippen molar-refractivity contribution in [1.29, 1.82) is 0 Å². The van der Waals surface area contributed by atoms with Gasteiger partial charge in [0, 0.05) is 11.5 Å². The molecule has 0 unspecified atom stereocenters. The van der Waals surface area contributed by atoms with E-state index in [1.807, 2.05) is 48.5 Å². The summed E-state index contributed by atoms with van der Waals surface area (Å²) >= 11 is 0. The average molecular weight is 508 g/mol. The molecule has 2 aliphatic carbocycles. The molecule has 2 aromatic rings. The Bertz CT molecular complexity index is 1100. The SMILES string of the molecule is CCOC(=O)CCC(=O)Oc1ccc2c(c1)[C@@]1(C)CCCCC[C@@H](C2)[C@@H]1NC(=O)OCc1ccccc1. The number of carbonyl (C=O) groups excluding carboxylic acids is 3. The highest BCUT2D eigenvalue weighted by Gasteiger charge is 2.46. The highest BCUT2D eigenvalue weighted by molar-refractivity contribution is 5.79. The third-order valence-electron chi connectivity index (χ3n) is 7.66. The lowest BCUT2D eigenvalue weighted by atomic mass is 9.59. The molecule has 4 rings (SSSR count). The van der Waals surface area contributed by atoms with Gasteiger partial charge in [-0.2, -0.15) is 0 Å². The summed E-state index contributed by atoms with van der Waals surface area (Å²) in [4.78, 5) is 36.9. The molecular formula is C30H37NO6. The maximum Gasteiger partial charge on any atom is 0.407 e. The first kappa shape index (κ1) is 26.7. The van der Waals surface area contributed by atoms with Gasteiger partial charge in [-0.05, 0) is 60.9 Å². The van der Waals surface area contributed by atoms with Gasteiger partial charge in [-0.15, -0.1) is 0 Å². The Balaban J connectivity index is 1.50. The number of esters is 2. The largest absolute Gasteiger partial charge is 0.466 e. The van der Waals surface area contributed by atoms with Crippen molar-refractivity contribution in [2.24, 2.45) is 5.92 Å². The first-order chi connectivity index (χ1) is 17.9. The van der Waals surface area contributed by atoms with Gasteiger partial charge >= 0.3 is 18.0 Å². The van der Waals surface area contributed by atoms with E-state index in [1.165, 1.54) is 5.56 Å². The number of ether oxygens (including phenoxy) is 3. The zero-order valence-electron chi connectivity index (χ0n) is 21.8. The zero-order chi connectivity index (χ0) is 26.3. The first-order valence-electron chi connectivity index (χ1n) is 13.4. The van der Waals surface area contributed by atoms with Crippen LogP contribution >= 0.6 is 0 Å². The van der Waals surface area contributed by atoms with E-state index in [4.69, 9.17) is 14.2 Å². The zero-order valence-corrected chi connectivity index (χ0v) is 21.8. The van der Waals surface area contributed by atoms with Gasteiger partial charge in [0.2, 0.25) is 0 Å². The lowest BCUT2D eigenvalue weighted by Gasteiger charge is -2.49. The van der Waals surface area contributed by atoms with Crippen molar-refractivity contribution in [2.75, 3.05) is 6.61 Å². The summed E-state index contributed by atoms with van der Waals surface area (Å²) in [5.74, 6) is -0.116. The minimum Gasteiger partial charge on any atom is -0.466 e. The maximum absolute atomic E-state index is 12.9. The summed E-state index contributed by atoms with van der Waals surface area (Å²) in [5.41, 5.74) is 2.96. The molecule has 0 saturated heterocycles. The van der Waals surface area contributed by atoms with Crippen molar-refractivity contribution >= 4 is 18.0 Å². The fourth-order valence-corrected chi connectivity index (χ4v) is 5.84. The van der Waals surface area contributed by atoms with Gasteiger partial charge < -0.3 is 19.5 Å². The van der Waals surface area contributed by atoms with Crippen LogP contribution in [-0.2, 0) is 37.5 Å². The van der Waals surface area contributed by atoms with Crippen molar-refractivity contribution < 1.29 is 28.6 Å². The highest BCUT2D eigenvalue weighted by Crippen LogP contribution is 2.47. The lowest BCUT2D eigenvalue weighted by molar-refractivity contribution is -0.146. The Labute approximate surface area is 218 Å². The second-order valence-corrected chi connectivity index (χ2v) is 10.3. The van der Waals surface area contributed by atoms with Gasteiger partial charge in [-0.3, -0.25) is 9.59 Å². The number of nitrogens with one attached hydrogen (secondary N) is 1. The number of hydrogen-bond acceptors (Lipinski definition) is 6. The molecule has 0 radical (unpaired) electrons. The average Bonchev–Trinajstić information content (AvgIpc) is 2.89. The summed E-state index contributed by atoms with van der Waals surface area (Å²) in [7, 11) is 0. The van der Waals surface area contributed by atoms with Crippen molar-refractivity contribution in [2.45, 2.75) is 83.3 Å². The van der Waals surface area contributed by atoms with Gasteiger partial charge in [-0.25, -0.2) is 4.79 Å². The molecule has 1 amide bonds. The summed E-state index contributed by atoms with van der Waals surface area (Å²) in [6, 6.07) is 15.4. The van der Waals surface area contributed by atoms with Gasteiger partial charge in [0.15, 0.2) is 0 Å². The van der Waals surface area contributed by atoms with Crippen LogP contribution in [0.25, 0.3) is 0 Å². The number of carbonyl (C=O) groups is 3. The second-order valence-electron chi connectivity index (χ2n) is 10.3. The van der Waals surface area contributed by atoms with E-state index in [0.29, 0.717) is 11.7 Å². The number of alkyl carbamates (subject to hydrolysis) is 1. The molecule has 2 aliphatic rings. The molecule has 0 aliphatic heterocycles. The fourth-order valence-electron chi connectivity index (χ4n) is 5.84. The van der Waals surface area contributed by atoms with Gasteiger partial charge in [0.1, 0.15) is 12.4 Å². The Hall–Kier alpha value is -3.35. The van der Waals surface area contributed by atoms with Crippen LogP contribution in [-0.4, -0.2) is 30.7 Å². The van der Waals surface area contributed by atoms with E-state index in [-0.39, 0.29) is 37.5 Å². The summed E-state index contributed by atoms with van der Waals surface area (Å²) < 4.78 is 16.1. The minimum absolute atomic E-state index is 0.00586. The van der Waals surface area contributed by atoms with Crippen LogP contribution in [0.3, 0.4) is 0 Å². The molecule has 0 spiro atoms. The van der Waals surface area contributed by atoms with Gasteiger partial charge in [0.25, 0.3) is 0 Å². The van der Waals surface area contributed by atoms with E-state index < -0.39 is 18.0 Å². The Kier molecular flexibility index (Phi) is 8.85. The van der Waals surface area contributed by atoms with E-state index in [1.54, 1.807) is 6.92 Å². The number of amides is 1. The standard InChI is InChI=1S/C30H37NO6/c1-3-35-26(32)15-16-27(33)37-24-14-13-22-18-23-12-8-5-9-17-30(2,25(22)19-24)28(23)31-29(34)36-20-21-10-6-4-7-11-21/h4,6-7,10-11,13-14,19,23,28H,3,5,8-9,12,15-18,20H2,1-2H3,(H,31,34)/t23-,28-,30+/m0/s1. The Morgan fingerprint density at radius 3 is 2.54 bits per heavy atom. The van der Waals surface area contributed by atoms with E-state index in [9.17, 15) is 14.4 Å². The molecule has 7 heteroatoms. The Morgan fingerprint density at radius 2 is 1.76 bits per heavy atom. The lowest BCUT2D eigenvalue weighted by Crippen LogP contribution is -2.57. The van der Waals surface area contributed by atoms with Crippen LogP contribution in [0.15, 0.2) is 48.5 Å². The number of benzene rings is 2. The van der Waals surface area contributed by atoms with Crippen LogP contribution in [0.1, 0.15) is 75.5 Å². The Morgan fingerprint density at radius 1 is 0.973 bits per heavy atom. The third-order valence-corrected chi connectivity index (χ3v) is 7.66. The monoisotopic (exact) mass is 507 g/mol. The predicted octanol–water partition coefficient (Wildman–Crippen LogP) is 5.62. The molecule has 0 heterocycles. The molecule has 198 valence electrons.